The summed E-state index contributed by atoms with van der Waals surface area (Å²) in [6, 6.07) is 12.0. The van der Waals surface area contributed by atoms with Gasteiger partial charge in [-0.05, 0) is 35.9 Å². The van der Waals surface area contributed by atoms with Gasteiger partial charge in [0.2, 0.25) is 5.91 Å². The van der Waals surface area contributed by atoms with Crippen LogP contribution in [0, 0.1) is 0 Å². The largest absolute Gasteiger partial charge is 0.396 e. The second kappa shape index (κ2) is 11.0. The molecule has 0 spiro atoms. The minimum Gasteiger partial charge on any atom is -0.396 e. The summed E-state index contributed by atoms with van der Waals surface area (Å²) in [5, 5.41) is 18.3. The maximum Gasteiger partial charge on any atom is 0.224 e. The molecule has 156 valence electrons. The van der Waals surface area contributed by atoms with E-state index in [-0.39, 0.29) is 18.4 Å². The molecule has 0 saturated carbocycles. The zero-order valence-corrected chi connectivity index (χ0v) is 17.8. The SMILES string of the molecule is CCNC(=NCC(CO)c1ccccc1)NCCC(=O)N1CCc2sccc2C1. The van der Waals surface area contributed by atoms with Crippen LogP contribution in [-0.4, -0.2) is 54.7 Å². The first-order chi connectivity index (χ1) is 14.2. The van der Waals surface area contributed by atoms with Gasteiger partial charge in [0.1, 0.15) is 0 Å². The average Bonchev–Trinajstić information content (AvgIpc) is 3.22. The minimum absolute atomic E-state index is 0.0403. The van der Waals surface area contributed by atoms with Crippen molar-refractivity contribution in [3.05, 3.63) is 57.8 Å². The van der Waals surface area contributed by atoms with E-state index in [4.69, 9.17) is 0 Å². The molecular formula is C22H30N4O2S. The van der Waals surface area contributed by atoms with E-state index in [2.05, 4.69) is 27.1 Å². The molecule has 1 aromatic carbocycles. The van der Waals surface area contributed by atoms with Gasteiger partial charge >= 0.3 is 0 Å². The number of aliphatic hydroxyl groups excluding tert-OH is 1. The Balaban J connectivity index is 1.48. The molecule has 2 heterocycles. The van der Waals surface area contributed by atoms with Gasteiger partial charge in [0, 0.05) is 43.4 Å². The number of carbonyl (C=O) groups excluding carboxylic acids is 1. The highest BCUT2D eigenvalue weighted by atomic mass is 32.1. The van der Waals surface area contributed by atoms with Crippen LogP contribution in [0.3, 0.4) is 0 Å². The minimum atomic E-state index is -0.0403. The topological polar surface area (TPSA) is 77.0 Å². The predicted octanol–water partition coefficient (Wildman–Crippen LogP) is 2.35. The van der Waals surface area contributed by atoms with E-state index in [9.17, 15) is 9.90 Å². The number of guanidine groups is 1. The number of rotatable bonds is 8. The molecule has 0 bridgehead atoms. The zero-order valence-electron chi connectivity index (χ0n) is 16.9. The first-order valence-electron chi connectivity index (χ1n) is 10.2. The van der Waals surface area contributed by atoms with Crippen LogP contribution in [0.5, 0.6) is 0 Å². The van der Waals surface area contributed by atoms with E-state index >= 15 is 0 Å². The molecule has 3 N–H and O–H groups in total. The lowest BCUT2D eigenvalue weighted by Crippen LogP contribution is -2.41. The highest BCUT2D eigenvalue weighted by Gasteiger charge is 2.21. The zero-order chi connectivity index (χ0) is 20.5. The van der Waals surface area contributed by atoms with Crippen molar-refractivity contribution in [2.24, 2.45) is 4.99 Å². The number of nitrogens with one attached hydrogen (secondary N) is 2. The Morgan fingerprint density at radius 3 is 2.86 bits per heavy atom. The van der Waals surface area contributed by atoms with Crippen LogP contribution < -0.4 is 10.6 Å². The molecule has 1 unspecified atom stereocenters. The number of benzene rings is 1. The number of fused-ring (bicyclic) bond motifs is 1. The molecule has 7 heteroatoms. The third-order valence-corrected chi connectivity index (χ3v) is 6.12. The lowest BCUT2D eigenvalue weighted by molar-refractivity contribution is -0.131. The summed E-state index contributed by atoms with van der Waals surface area (Å²) in [6.07, 6.45) is 1.39. The Labute approximate surface area is 176 Å². The van der Waals surface area contributed by atoms with Gasteiger partial charge in [-0.3, -0.25) is 9.79 Å². The van der Waals surface area contributed by atoms with E-state index in [0.717, 1.165) is 31.6 Å². The maximum atomic E-state index is 12.6. The summed E-state index contributed by atoms with van der Waals surface area (Å²) in [7, 11) is 0. The first kappa shape index (κ1) is 21.3. The quantitative estimate of drug-likeness (QED) is 0.458. The fourth-order valence-corrected chi connectivity index (χ4v) is 4.33. The normalized spacial score (nSPS) is 15.0. The van der Waals surface area contributed by atoms with Crippen LogP contribution in [0.2, 0.25) is 0 Å². The molecule has 0 aliphatic carbocycles. The predicted molar refractivity (Wildman–Crippen MR) is 118 cm³/mol. The molecule has 6 nitrogen and oxygen atoms in total. The summed E-state index contributed by atoms with van der Waals surface area (Å²) in [6.45, 7) is 5.34. The van der Waals surface area contributed by atoms with Gasteiger partial charge in [0.15, 0.2) is 5.96 Å². The number of thiophene rings is 1. The molecule has 2 aromatic rings. The third kappa shape index (κ3) is 6.05. The van der Waals surface area contributed by atoms with Crippen LogP contribution in [0.4, 0.5) is 0 Å². The van der Waals surface area contributed by atoms with E-state index in [1.54, 1.807) is 11.3 Å². The monoisotopic (exact) mass is 414 g/mol. The lowest BCUT2D eigenvalue weighted by Gasteiger charge is -2.27. The van der Waals surface area contributed by atoms with Gasteiger partial charge in [-0.25, -0.2) is 0 Å². The summed E-state index contributed by atoms with van der Waals surface area (Å²) < 4.78 is 0. The second-order valence-corrected chi connectivity index (χ2v) is 8.12. The van der Waals surface area contributed by atoms with Crippen LogP contribution >= 0.6 is 11.3 Å². The first-order valence-corrected chi connectivity index (χ1v) is 11.1. The van der Waals surface area contributed by atoms with Crippen molar-refractivity contribution in [1.82, 2.24) is 15.5 Å². The van der Waals surface area contributed by atoms with Crippen LogP contribution in [0.1, 0.15) is 35.3 Å². The average molecular weight is 415 g/mol. The summed E-state index contributed by atoms with van der Waals surface area (Å²) in [5.41, 5.74) is 2.36. The number of carbonyl (C=O) groups is 1. The Morgan fingerprint density at radius 1 is 1.28 bits per heavy atom. The summed E-state index contributed by atoms with van der Waals surface area (Å²) in [5.74, 6) is 0.803. The molecule has 0 radical (unpaired) electrons. The van der Waals surface area contributed by atoms with Crippen molar-refractivity contribution >= 4 is 23.2 Å². The third-order valence-electron chi connectivity index (χ3n) is 5.10. The number of hydrogen-bond acceptors (Lipinski definition) is 4. The molecule has 3 rings (SSSR count). The van der Waals surface area contributed by atoms with E-state index in [1.165, 1.54) is 10.4 Å². The van der Waals surface area contributed by atoms with Gasteiger partial charge in [-0.1, -0.05) is 30.3 Å². The van der Waals surface area contributed by atoms with E-state index in [1.807, 2.05) is 42.2 Å². The summed E-state index contributed by atoms with van der Waals surface area (Å²) >= 11 is 1.78. The molecular weight excluding hydrogens is 384 g/mol. The maximum absolute atomic E-state index is 12.6. The van der Waals surface area contributed by atoms with Crippen LogP contribution in [0.15, 0.2) is 46.8 Å². The molecule has 1 aliphatic rings. The number of aliphatic hydroxyl groups is 1. The van der Waals surface area contributed by atoms with E-state index < -0.39 is 0 Å². The van der Waals surface area contributed by atoms with Crippen molar-refractivity contribution in [2.45, 2.75) is 32.2 Å². The van der Waals surface area contributed by atoms with Crippen molar-refractivity contribution < 1.29 is 9.90 Å². The lowest BCUT2D eigenvalue weighted by atomic mass is 10.0. The Kier molecular flexibility index (Phi) is 8.07. The summed E-state index contributed by atoms with van der Waals surface area (Å²) in [4.78, 5) is 20.5. The highest BCUT2D eigenvalue weighted by Crippen LogP contribution is 2.24. The van der Waals surface area contributed by atoms with E-state index in [0.29, 0.717) is 25.5 Å². The Morgan fingerprint density at radius 2 is 2.10 bits per heavy atom. The van der Waals surface area contributed by atoms with Crippen molar-refractivity contribution in [2.75, 3.05) is 32.8 Å². The van der Waals surface area contributed by atoms with Crippen LogP contribution in [-0.2, 0) is 17.8 Å². The number of aliphatic imine (C=N–C) groups is 1. The standard InChI is InChI=1S/C22H30N4O2S/c1-2-23-22(25-14-19(16-27)17-6-4-3-5-7-17)24-11-8-21(28)26-12-9-20-18(15-26)10-13-29-20/h3-7,10,13,19,27H,2,8-9,11-12,14-16H2,1H3,(H2,23,24,25). The van der Waals surface area contributed by atoms with Gasteiger partial charge in [0.25, 0.3) is 0 Å². The fourth-order valence-electron chi connectivity index (χ4n) is 3.44. The van der Waals surface area contributed by atoms with Gasteiger partial charge in [-0.15, -0.1) is 11.3 Å². The van der Waals surface area contributed by atoms with Crippen molar-refractivity contribution in [3.63, 3.8) is 0 Å². The van der Waals surface area contributed by atoms with Gasteiger partial charge in [-0.2, -0.15) is 0 Å². The molecule has 0 fully saturated rings. The van der Waals surface area contributed by atoms with Crippen molar-refractivity contribution in [3.8, 4) is 0 Å². The number of hydrogen-bond donors (Lipinski definition) is 3. The molecule has 1 amide bonds. The smallest absolute Gasteiger partial charge is 0.224 e. The number of nitrogens with zero attached hydrogens (tertiary/aromatic N) is 2. The molecule has 1 aromatic heterocycles. The molecule has 1 aliphatic heterocycles. The fraction of sp³-hybridized carbons (Fsp3) is 0.455. The van der Waals surface area contributed by atoms with Crippen molar-refractivity contribution in [1.29, 1.82) is 0 Å². The molecule has 29 heavy (non-hydrogen) atoms. The number of amides is 1. The molecule has 0 saturated heterocycles. The second-order valence-electron chi connectivity index (χ2n) is 7.12. The molecule has 1 atom stereocenters. The van der Waals surface area contributed by atoms with Crippen LogP contribution in [0.25, 0.3) is 0 Å². The van der Waals surface area contributed by atoms with Gasteiger partial charge in [0.05, 0.1) is 13.2 Å². The van der Waals surface area contributed by atoms with Gasteiger partial charge < -0.3 is 20.6 Å². The Hall–Kier alpha value is -2.38. The Bertz CT molecular complexity index is 806. The highest BCUT2D eigenvalue weighted by molar-refractivity contribution is 7.10.